The number of aliphatic hydroxyl groups excluding tert-OH is 2. The van der Waals surface area contributed by atoms with E-state index in [1.807, 2.05) is 0 Å². The van der Waals surface area contributed by atoms with E-state index in [1.54, 1.807) is 0 Å². The van der Waals surface area contributed by atoms with Gasteiger partial charge in [-0.15, -0.1) is 0 Å². The summed E-state index contributed by atoms with van der Waals surface area (Å²) in [5.74, 6) is 2.14. The maximum Gasteiger partial charge on any atom is 0.0739 e. The van der Waals surface area contributed by atoms with Crippen LogP contribution in [0.15, 0.2) is 24.3 Å². The van der Waals surface area contributed by atoms with Crippen LogP contribution in [0.25, 0.3) is 0 Å². The Morgan fingerprint density at radius 3 is 2.31 bits per heavy atom. The molecule has 182 valence electrons. The second-order valence-electron chi connectivity index (χ2n) is 13.0. The molecule has 0 saturated heterocycles. The average Bonchev–Trinajstić information content (AvgIpc) is 3.06. The van der Waals surface area contributed by atoms with Gasteiger partial charge in [-0.25, -0.2) is 0 Å². The molecule has 11 atom stereocenters. The summed E-state index contributed by atoms with van der Waals surface area (Å²) >= 11 is 0. The average molecular weight is 445 g/mol. The number of aliphatic hydroxyl groups is 3. The molecule has 0 spiro atoms. The van der Waals surface area contributed by atoms with Crippen molar-refractivity contribution in [3.63, 3.8) is 0 Å². The van der Waals surface area contributed by atoms with Crippen LogP contribution in [0.4, 0.5) is 0 Å². The summed E-state index contributed by atoms with van der Waals surface area (Å²) in [5, 5.41) is 34.6. The van der Waals surface area contributed by atoms with Crippen molar-refractivity contribution in [1.29, 1.82) is 0 Å². The van der Waals surface area contributed by atoms with Crippen molar-refractivity contribution in [2.24, 2.45) is 52.3 Å². The van der Waals surface area contributed by atoms with Gasteiger partial charge < -0.3 is 15.3 Å². The minimum atomic E-state index is -0.792. The molecular formula is C29H48O3. The highest BCUT2D eigenvalue weighted by Crippen LogP contribution is 2.70. The zero-order valence-corrected chi connectivity index (χ0v) is 21.3. The van der Waals surface area contributed by atoms with E-state index in [4.69, 9.17) is 0 Å². The molecule has 0 amide bonds. The first-order valence-corrected chi connectivity index (χ1v) is 13.3. The summed E-state index contributed by atoms with van der Waals surface area (Å²) in [6.45, 7) is 17.7. The van der Waals surface area contributed by atoms with Crippen LogP contribution >= 0.6 is 0 Å². The van der Waals surface area contributed by atoms with Crippen LogP contribution in [0.1, 0.15) is 86.5 Å². The Hall–Kier alpha value is -0.640. The maximum absolute atomic E-state index is 12.4. The highest BCUT2D eigenvalue weighted by molar-refractivity contribution is 5.22. The van der Waals surface area contributed by atoms with Crippen molar-refractivity contribution in [3.05, 3.63) is 24.3 Å². The van der Waals surface area contributed by atoms with E-state index in [2.05, 4.69) is 60.3 Å². The standard InChI is InChI=1S/C29H48O3/c1-17(2)18(3)8-9-19(4)21-10-11-25-28(21,7)16-24(31)26-27(6)14-13-23(30)20(5)22(27)12-15-29(25,26)32/h8-9,17,19-26,30-32H,3,10-16H2,1-2,4-7H3/b9-8+/t19-,20-,21+,22-,23-,24-,25+,26+,27-,28+,29+/m0/s1. The lowest BCUT2D eigenvalue weighted by molar-refractivity contribution is -0.267. The van der Waals surface area contributed by atoms with Crippen LogP contribution < -0.4 is 0 Å². The smallest absolute Gasteiger partial charge is 0.0739 e. The van der Waals surface area contributed by atoms with E-state index in [1.165, 1.54) is 5.57 Å². The molecule has 0 aliphatic heterocycles. The van der Waals surface area contributed by atoms with Gasteiger partial charge in [-0.05, 0) is 91.3 Å². The summed E-state index contributed by atoms with van der Waals surface area (Å²) in [4.78, 5) is 0. The quantitative estimate of drug-likeness (QED) is 0.484. The van der Waals surface area contributed by atoms with Crippen LogP contribution in [0.5, 0.6) is 0 Å². The molecule has 3 heteroatoms. The third-order valence-electron chi connectivity index (χ3n) is 11.2. The first-order valence-electron chi connectivity index (χ1n) is 13.3. The minimum Gasteiger partial charge on any atom is -0.393 e. The summed E-state index contributed by atoms with van der Waals surface area (Å²) in [6.07, 6.45) is 10.2. The van der Waals surface area contributed by atoms with Crippen molar-refractivity contribution in [2.75, 3.05) is 0 Å². The van der Waals surface area contributed by atoms with Gasteiger partial charge in [0, 0.05) is 5.92 Å². The Kier molecular flexibility index (Phi) is 6.30. The molecule has 0 radical (unpaired) electrons. The van der Waals surface area contributed by atoms with Gasteiger partial charge in [-0.3, -0.25) is 0 Å². The highest BCUT2D eigenvalue weighted by Gasteiger charge is 2.70. The van der Waals surface area contributed by atoms with Gasteiger partial charge in [0.2, 0.25) is 0 Å². The Labute approximate surface area is 196 Å². The van der Waals surface area contributed by atoms with Gasteiger partial charge in [0.25, 0.3) is 0 Å². The summed E-state index contributed by atoms with van der Waals surface area (Å²) in [5.41, 5.74) is 0.236. The van der Waals surface area contributed by atoms with Gasteiger partial charge in [0.15, 0.2) is 0 Å². The molecule has 3 N–H and O–H groups in total. The predicted molar refractivity (Wildman–Crippen MR) is 131 cm³/mol. The van der Waals surface area contributed by atoms with Gasteiger partial charge in [-0.2, -0.15) is 0 Å². The van der Waals surface area contributed by atoms with E-state index in [9.17, 15) is 15.3 Å². The number of rotatable bonds is 4. The fourth-order valence-electron chi connectivity index (χ4n) is 9.44. The van der Waals surface area contributed by atoms with Gasteiger partial charge >= 0.3 is 0 Å². The molecule has 4 fully saturated rings. The number of fused-ring (bicyclic) bond motifs is 5. The Balaban J connectivity index is 1.63. The fourth-order valence-corrected chi connectivity index (χ4v) is 9.44. The molecule has 0 aromatic rings. The molecule has 4 aliphatic rings. The van der Waals surface area contributed by atoms with Crippen LogP contribution in [0.2, 0.25) is 0 Å². The second-order valence-corrected chi connectivity index (χ2v) is 13.0. The Morgan fingerprint density at radius 2 is 1.66 bits per heavy atom. The number of hydrogen-bond donors (Lipinski definition) is 3. The van der Waals surface area contributed by atoms with Crippen LogP contribution in [-0.2, 0) is 0 Å². The second kappa shape index (κ2) is 8.24. The molecule has 0 aromatic carbocycles. The Bertz CT molecular complexity index is 758. The molecule has 0 aromatic heterocycles. The van der Waals surface area contributed by atoms with Crippen molar-refractivity contribution >= 4 is 0 Å². The van der Waals surface area contributed by atoms with Crippen molar-refractivity contribution < 1.29 is 15.3 Å². The third kappa shape index (κ3) is 3.48. The lowest BCUT2D eigenvalue weighted by atomic mass is 9.40. The highest BCUT2D eigenvalue weighted by atomic mass is 16.3. The van der Waals surface area contributed by atoms with Crippen LogP contribution in [-0.4, -0.2) is 33.1 Å². The maximum atomic E-state index is 12.4. The van der Waals surface area contributed by atoms with E-state index in [0.717, 1.165) is 44.9 Å². The van der Waals surface area contributed by atoms with Crippen molar-refractivity contribution in [1.82, 2.24) is 0 Å². The van der Waals surface area contributed by atoms with Gasteiger partial charge in [0.1, 0.15) is 0 Å². The van der Waals surface area contributed by atoms with Gasteiger partial charge in [-0.1, -0.05) is 65.8 Å². The van der Waals surface area contributed by atoms with Crippen LogP contribution in [0, 0.1) is 52.3 Å². The van der Waals surface area contributed by atoms with E-state index < -0.39 is 11.7 Å². The zero-order chi connectivity index (χ0) is 23.6. The third-order valence-corrected chi connectivity index (χ3v) is 11.2. The largest absolute Gasteiger partial charge is 0.393 e. The minimum absolute atomic E-state index is 0.0451. The van der Waals surface area contributed by atoms with Crippen LogP contribution in [0.3, 0.4) is 0 Å². The summed E-state index contributed by atoms with van der Waals surface area (Å²) < 4.78 is 0. The van der Waals surface area contributed by atoms with Crippen molar-refractivity contribution in [2.45, 2.75) is 104 Å². The molecule has 4 aliphatic carbocycles. The van der Waals surface area contributed by atoms with E-state index >= 15 is 0 Å². The molecule has 3 nitrogen and oxygen atoms in total. The SMILES string of the molecule is C=C(/C=C/[C@H](C)[C@H]1CC[C@@H]2[C@]1(C)C[C@H](O)[C@@H]1[C@@]3(C)CC[C@H](O)[C@@H](C)[C@@H]3CC[C@@]21O)C(C)C. The van der Waals surface area contributed by atoms with Crippen molar-refractivity contribution in [3.8, 4) is 0 Å². The molecule has 0 bridgehead atoms. The first kappa shape index (κ1) is 24.5. The molecule has 0 unspecified atom stereocenters. The number of allylic oxidation sites excluding steroid dienone is 3. The summed E-state index contributed by atoms with van der Waals surface area (Å²) in [6, 6.07) is 0. The predicted octanol–water partition coefficient (Wildman–Crippen LogP) is 5.74. The zero-order valence-electron chi connectivity index (χ0n) is 21.3. The number of hydrogen-bond acceptors (Lipinski definition) is 3. The Morgan fingerprint density at radius 1 is 0.969 bits per heavy atom. The van der Waals surface area contributed by atoms with E-state index in [0.29, 0.717) is 23.7 Å². The summed E-state index contributed by atoms with van der Waals surface area (Å²) in [7, 11) is 0. The first-order chi connectivity index (χ1) is 14.9. The molecular weight excluding hydrogens is 396 g/mol. The lowest BCUT2D eigenvalue weighted by Gasteiger charge is -2.67. The molecule has 32 heavy (non-hydrogen) atoms. The normalized spacial score (nSPS) is 51.9. The fraction of sp³-hybridized carbons (Fsp3) is 0.862. The van der Waals surface area contributed by atoms with Gasteiger partial charge in [0.05, 0.1) is 17.8 Å². The lowest BCUT2D eigenvalue weighted by Crippen LogP contribution is -2.69. The molecule has 4 saturated carbocycles. The van der Waals surface area contributed by atoms with E-state index in [-0.39, 0.29) is 34.7 Å². The topological polar surface area (TPSA) is 60.7 Å². The monoisotopic (exact) mass is 444 g/mol. The molecule has 0 heterocycles. The molecule has 4 rings (SSSR count).